The second-order valence-corrected chi connectivity index (χ2v) is 12.2. The third kappa shape index (κ3) is 6.36. The maximum Gasteiger partial charge on any atom is 0.280 e. The summed E-state index contributed by atoms with van der Waals surface area (Å²) in [5.41, 5.74) is 4.11. The minimum atomic E-state index is -2.67. The fourth-order valence-electron chi connectivity index (χ4n) is 5.55. The van der Waals surface area contributed by atoms with E-state index in [9.17, 15) is 18.4 Å². The zero-order valence-corrected chi connectivity index (χ0v) is 26.4. The number of thiazole rings is 1. The number of carbonyl (C=O) groups excluding carboxylic acids is 1. The van der Waals surface area contributed by atoms with E-state index in [2.05, 4.69) is 11.9 Å². The molecule has 7 nitrogen and oxygen atoms in total. The molecule has 44 heavy (non-hydrogen) atoms. The van der Waals surface area contributed by atoms with Gasteiger partial charge in [0.25, 0.3) is 17.9 Å². The van der Waals surface area contributed by atoms with E-state index in [1.807, 2.05) is 49.9 Å². The van der Waals surface area contributed by atoms with E-state index >= 15 is 0 Å². The van der Waals surface area contributed by atoms with Crippen LogP contribution in [0, 0.1) is 5.92 Å². The number of piperidine rings is 1. The summed E-state index contributed by atoms with van der Waals surface area (Å²) in [6.45, 7) is 9.33. The van der Waals surface area contributed by atoms with Crippen molar-refractivity contribution in [2.24, 2.45) is 5.92 Å². The molecule has 0 saturated carbocycles. The van der Waals surface area contributed by atoms with Crippen molar-refractivity contribution < 1.29 is 18.3 Å². The number of pyridine rings is 2. The predicted octanol–water partition coefficient (Wildman–Crippen LogP) is 7.83. The van der Waals surface area contributed by atoms with Gasteiger partial charge >= 0.3 is 0 Å². The molecule has 1 amide bonds. The number of carbonyl (C=O) groups is 1. The lowest BCUT2D eigenvalue weighted by molar-refractivity contribution is 0.0682. The summed E-state index contributed by atoms with van der Waals surface area (Å²) in [7, 11) is 1.58. The van der Waals surface area contributed by atoms with Crippen molar-refractivity contribution >= 4 is 23.3 Å². The van der Waals surface area contributed by atoms with Gasteiger partial charge in [-0.15, -0.1) is 11.3 Å². The maximum atomic E-state index is 14.5. The van der Waals surface area contributed by atoms with Crippen molar-refractivity contribution in [2.45, 2.75) is 53.4 Å². The lowest BCUT2D eigenvalue weighted by Crippen LogP contribution is -2.40. The van der Waals surface area contributed by atoms with Crippen LogP contribution in [-0.4, -0.2) is 45.5 Å². The molecule has 1 aromatic carbocycles. The highest BCUT2D eigenvalue weighted by molar-refractivity contribution is 7.13. The second-order valence-electron chi connectivity index (χ2n) is 11.4. The zero-order chi connectivity index (χ0) is 31.5. The molecule has 1 fully saturated rings. The lowest BCUT2D eigenvalue weighted by atomic mass is 9.98. The third-order valence-corrected chi connectivity index (χ3v) is 8.67. The number of amides is 1. The number of benzene rings is 1. The van der Waals surface area contributed by atoms with Gasteiger partial charge in [-0.1, -0.05) is 25.5 Å². The van der Waals surface area contributed by atoms with Gasteiger partial charge in [0.1, 0.15) is 16.5 Å². The highest BCUT2D eigenvalue weighted by Crippen LogP contribution is 2.32. The number of nitrogens with zero attached hydrogens (tertiary/aromatic N) is 4. The van der Waals surface area contributed by atoms with Gasteiger partial charge in [-0.3, -0.25) is 19.1 Å². The van der Waals surface area contributed by atoms with Crippen molar-refractivity contribution in [3.8, 4) is 33.3 Å². The Hall–Kier alpha value is -4.18. The molecule has 4 aromatic rings. The Labute approximate surface area is 259 Å². The number of likely N-dealkylation sites (tertiary alicyclic amines) is 1. The first-order chi connectivity index (χ1) is 21.1. The molecular weight excluding hydrogens is 582 g/mol. The number of aromatic nitrogens is 3. The van der Waals surface area contributed by atoms with E-state index in [0.717, 1.165) is 24.0 Å². The molecule has 230 valence electrons. The van der Waals surface area contributed by atoms with Crippen LogP contribution >= 0.6 is 11.3 Å². The highest BCUT2D eigenvalue weighted by Gasteiger charge is 2.28. The Morgan fingerprint density at radius 3 is 2.64 bits per heavy atom. The van der Waals surface area contributed by atoms with Gasteiger partial charge in [0, 0.05) is 36.3 Å². The monoisotopic (exact) mass is 618 g/mol. The molecule has 1 atom stereocenters. The molecule has 4 heterocycles. The van der Waals surface area contributed by atoms with E-state index in [4.69, 9.17) is 9.72 Å². The minimum Gasteiger partial charge on any atom is -0.497 e. The quantitative estimate of drug-likeness (QED) is 0.201. The van der Waals surface area contributed by atoms with Gasteiger partial charge in [-0.2, -0.15) is 0 Å². The summed E-state index contributed by atoms with van der Waals surface area (Å²) in [6, 6.07) is 10.1. The van der Waals surface area contributed by atoms with Crippen LogP contribution in [0.25, 0.3) is 33.6 Å². The fraction of sp³-hybridized carbons (Fsp3) is 0.353. The van der Waals surface area contributed by atoms with E-state index < -0.39 is 6.43 Å². The molecule has 0 N–H and O–H groups in total. The largest absolute Gasteiger partial charge is 0.497 e. The minimum absolute atomic E-state index is 0.136. The van der Waals surface area contributed by atoms with Crippen molar-refractivity contribution in [3.63, 3.8) is 0 Å². The van der Waals surface area contributed by atoms with Crippen LogP contribution in [0.5, 0.6) is 5.75 Å². The van der Waals surface area contributed by atoms with E-state index in [1.165, 1.54) is 23.6 Å². The molecular formula is C34H36F2N4O3S. The van der Waals surface area contributed by atoms with Gasteiger partial charge in [-0.05, 0) is 74.9 Å². The fourth-order valence-corrected chi connectivity index (χ4v) is 6.38. The molecule has 1 aliphatic rings. The summed E-state index contributed by atoms with van der Waals surface area (Å²) in [6.07, 6.45) is 3.20. The normalized spacial score (nSPS) is 15.0. The van der Waals surface area contributed by atoms with Gasteiger partial charge < -0.3 is 9.64 Å². The molecule has 1 aliphatic heterocycles. The van der Waals surface area contributed by atoms with Gasteiger partial charge in [0.15, 0.2) is 0 Å². The van der Waals surface area contributed by atoms with Crippen LogP contribution in [0.3, 0.4) is 0 Å². The summed E-state index contributed by atoms with van der Waals surface area (Å²) in [5.74, 6) is 0.830. The van der Waals surface area contributed by atoms with Crippen molar-refractivity contribution in [3.05, 3.63) is 86.4 Å². The SMILES string of the molecule is CCc1ccc(OC)cc1-n1c(C=C(C)C)c(C(=O)N2CCC[C@H](C)C2)cc(-c2nc(-c3ccc(C(F)F)nc3)cs2)c1=O. The number of halogens is 2. The number of hydrogen-bond acceptors (Lipinski definition) is 6. The molecule has 0 aliphatic carbocycles. The molecule has 5 rings (SSSR count). The summed E-state index contributed by atoms with van der Waals surface area (Å²) < 4.78 is 33.3. The van der Waals surface area contributed by atoms with E-state index in [1.54, 1.807) is 29.2 Å². The zero-order valence-electron chi connectivity index (χ0n) is 25.6. The van der Waals surface area contributed by atoms with Crippen LogP contribution in [0.4, 0.5) is 8.78 Å². The molecule has 10 heteroatoms. The Morgan fingerprint density at radius 1 is 1.20 bits per heavy atom. The number of methoxy groups -OCH3 is 1. The standard InChI is InChI=1S/C34H36F2N4O3S/c1-6-22-9-11-24(43-5)15-29(22)40-30(14-20(2)3)25(33(41)39-13-7-8-21(4)18-39)16-26(34(40)42)32-38-28(19-44-32)23-10-12-27(31(35)36)37-17-23/h9-12,14-17,19,21,31H,6-8,13,18H2,1-5H3/t21-/m0/s1. The van der Waals surface area contributed by atoms with Crippen molar-refractivity contribution in [1.29, 1.82) is 0 Å². The average molecular weight is 619 g/mol. The second kappa shape index (κ2) is 13.2. The number of allylic oxidation sites excluding steroid dienone is 1. The summed E-state index contributed by atoms with van der Waals surface area (Å²) >= 11 is 1.25. The first-order valence-electron chi connectivity index (χ1n) is 14.7. The number of ether oxygens (including phenoxy) is 1. The summed E-state index contributed by atoms with van der Waals surface area (Å²) in [4.78, 5) is 39.3. The first kappa shape index (κ1) is 31.3. The third-order valence-electron chi connectivity index (χ3n) is 7.79. The summed E-state index contributed by atoms with van der Waals surface area (Å²) in [5, 5.41) is 2.18. The molecule has 3 aromatic heterocycles. The van der Waals surface area contributed by atoms with Crippen molar-refractivity contribution in [1.82, 2.24) is 19.4 Å². The van der Waals surface area contributed by atoms with E-state index in [0.29, 0.717) is 64.4 Å². The highest BCUT2D eigenvalue weighted by atomic mass is 32.1. The molecule has 1 saturated heterocycles. The predicted molar refractivity (Wildman–Crippen MR) is 171 cm³/mol. The smallest absolute Gasteiger partial charge is 0.280 e. The molecule has 0 radical (unpaired) electrons. The Bertz CT molecular complexity index is 1760. The van der Waals surface area contributed by atoms with E-state index in [-0.39, 0.29) is 22.7 Å². The average Bonchev–Trinajstić information content (AvgIpc) is 3.50. The van der Waals surface area contributed by atoms with Gasteiger partial charge in [0.2, 0.25) is 0 Å². The van der Waals surface area contributed by atoms with Crippen molar-refractivity contribution in [2.75, 3.05) is 20.2 Å². The molecule has 0 bridgehead atoms. The number of rotatable bonds is 8. The lowest BCUT2D eigenvalue weighted by Gasteiger charge is -2.32. The maximum absolute atomic E-state index is 14.5. The van der Waals surface area contributed by atoms with Crippen LogP contribution < -0.4 is 10.3 Å². The molecule has 0 unspecified atom stereocenters. The van der Waals surface area contributed by atoms with Crippen LogP contribution in [0.1, 0.15) is 74.3 Å². The number of alkyl halides is 2. The topological polar surface area (TPSA) is 77.3 Å². The van der Waals surface area contributed by atoms with Crippen LogP contribution in [0.15, 0.2) is 58.3 Å². The van der Waals surface area contributed by atoms with Crippen LogP contribution in [-0.2, 0) is 6.42 Å². The van der Waals surface area contributed by atoms with Crippen LogP contribution in [0.2, 0.25) is 0 Å². The number of aryl methyl sites for hydroxylation is 1. The van der Waals surface area contributed by atoms with Gasteiger partial charge in [0.05, 0.1) is 35.3 Å². The molecule has 0 spiro atoms. The first-order valence-corrected chi connectivity index (χ1v) is 15.6. The number of hydrogen-bond donors (Lipinski definition) is 0. The van der Waals surface area contributed by atoms with Gasteiger partial charge in [-0.25, -0.2) is 13.8 Å². The Kier molecular flexibility index (Phi) is 9.39. The Morgan fingerprint density at radius 2 is 2.00 bits per heavy atom. The Balaban J connectivity index is 1.77.